The number of anilines is 1. The minimum Gasteiger partial charge on any atom is -0.478 e. The Labute approximate surface area is 111 Å². The molecule has 0 spiro atoms. The van der Waals surface area contributed by atoms with E-state index in [0.29, 0.717) is 0 Å². The van der Waals surface area contributed by atoms with E-state index < -0.39 is 10.9 Å². The molecular formula is C13H18N2O4. The Morgan fingerprint density at radius 3 is 2.63 bits per heavy atom. The second-order valence-corrected chi connectivity index (χ2v) is 4.33. The van der Waals surface area contributed by atoms with E-state index in [1.165, 1.54) is 18.2 Å². The van der Waals surface area contributed by atoms with Crippen LogP contribution < -0.4 is 5.32 Å². The van der Waals surface area contributed by atoms with Gasteiger partial charge in [-0.1, -0.05) is 20.3 Å². The van der Waals surface area contributed by atoms with E-state index in [1.54, 1.807) is 0 Å². The van der Waals surface area contributed by atoms with Gasteiger partial charge in [-0.2, -0.15) is 0 Å². The third-order valence-electron chi connectivity index (χ3n) is 2.93. The van der Waals surface area contributed by atoms with Crippen molar-refractivity contribution < 1.29 is 14.8 Å². The lowest BCUT2D eigenvalue weighted by Crippen LogP contribution is -2.19. The lowest BCUT2D eigenvalue weighted by molar-refractivity contribution is -0.384. The molecule has 0 radical (unpaired) electrons. The highest BCUT2D eigenvalue weighted by atomic mass is 16.6. The van der Waals surface area contributed by atoms with E-state index in [9.17, 15) is 14.9 Å². The van der Waals surface area contributed by atoms with Gasteiger partial charge >= 0.3 is 5.97 Å². The number of nitro groups is 1. The molecule has 0 aliphatic rings. The topological polar surface area (TPSA) is 92.5 Å². The van der Waals surface area contributed by atoms with Crippen molar-refractivity contribution in [2.75, 3.05) is 5.32 Å². The van der Waals surface area contributed by atoms with Gasteiger partial charge in [0.15, 0.2) is 0 Å². The number of aromatic carboxylic acids is 1. The molecule has 6 heteroatoms. The van der Waals surface area contributed by atoms with Crippen LogP contribution in [0.5, 0.6) is 0 Å². The van der Waals surface area contributed by atoms with E-state index in [0.717, 1.165) is 19.3 Å². The van der Waals surface area contributed by atoms with E-state index in [4.69, 9.17) is 5.11 Å². The molecule has 0 heterocycles. The Morgan fingerprint density at radius 1 is 1.47 bits per heavy atom. The summed E-state index contributed by atoms with van der Waals surface area (Å²) in [7, 11) is 0. The minimum absolute atomic E-state index is 0.0412. The van der Waals surface area contributed by atoms with Gasteiger partial charge in [0, 0.05) is 12.1 Å². The molecule has 0 amide bonds. The van der Waals surface area contributed by atoms with Crippen LogP contribution in [0.2, 0.25) is 0 Å². The van der Waals surface area contributed by atoms with Crippen LogP contribution in [-0.2, 0) is 0 Å². The van der Waals surface area contributed by atoms with Crippen molar-refractivity contribution >= 4 is 17.3 Å². The van der Waals surface area contributed by atoms with Gasteiger partial charge in [0.1, 0.15) is 5.69 Å². The zero-order valence-corrected chi connectivity index (χ0v) is 11.0. The molecule has 1 rings (SSSR count). The Morgan fingerprint density at radius 2 is 2.16 bits per heavy atom. The molecule has 0 aromatic heterocycles. The Kier molecular flexibility index (Phi) is 5.29. The molecule has 6 nitrogen and oxygen atoms in total. The monoisotopic (exact) mass is 266 g/mol. The van der Waals surface area contributed by atoms with Crippen LogP contribution in [0.1, 0.15) is 43.5 Å². The normalized spacial score (nSPS) is 11.9. The van der Waals surface area contributed by atoms with Crippen molar-refractivity contribution in [2.45, 2.75) is 39.2 Å². The first-order valence-corrected chi connectivity index (χ1v) is 6.27. The largest absolute Gasteiger partial charge is 0.478 e. The maximum absolute atomic E-state index is 10.9. The van der Waals surface area contributed by atoms with Crippen LogP contribution in [0.4, 0.5) is 11.4 Å². The molecule has 104 valence electrons. The fourth-order valence-corrected chi connectivity index (χ4v) is 1.89. The Hall–Kier alpha value is -2.11. The quantitative estimate of drug-likeness (QED) is 0.583. The molecule has 0 aliphatic carbocycles. The van der Waals surface area contributed by atoms with Crippen molar-refractivity contribution in [3.63, 3.8) is 0 Å². The van der Waals surface area contributed by atoms with Crippen LogP contribution in [-0.4, -0.2) is 22.0 Å². The molecule has 2 N–H and O–H groups in total. The number of nitrogens with one attached hydrogen (secondary N) is 1. The maximum Gasteiger partial charge on any atom is 0.335 e. The summed E-state index contributed by atoms with van der Waals surface area (Å²) >= 11 is 0. The summed E-state index contributed by atoms with van der Waals surface area (Å²) in [5.41, 5.74) is 0.212. The zero-order chi connectivity index (χ0) is 14.4. The summed E-state index contributed by atoms with van der Waals surface area (Å²) < 4.78 is 0. The van der Waals surface area contributed by atoms with Gasteiger partial charge < -0.3 is 10.4 Å². The molecule has 0 bridgehead atoms. The number of carboxylic acids is 1. The summed E-state index contributed by atoms with van der Waals surface area (Å²) in [6.07, 6.45) is 2.66. The third-order valence-corrected chi connectivity index (χ3v) is 2.93. The van der Waals surface area contributed by atoms with Gasteiger partial charge in [-0.25, -0.2) is 4.79 Å². The summed E-state index contributed by atoms with van der Waals surface area (Å²) in [5.74, 6) is -1.10. The first-order chi connectivity index (χ1) is 8.99. The molecular weight excluding hydrogens is 248 g/mol. The van der Waals surface area contributed by atoms with Crippen molar-refractivity contribution in [1.82, 2.24) is 0 Å². The van der Waals surface area contributed by atoms with Gasteiger partial charge in [0.25, 0.3) is 5.69 Å². The highest BCUT2D eigenvalue weighted by molar-refractivity contribution is 5.90. The summed E-state index contributed by atoms with van der Waals surface area (Å²) in [6, 6.07) is 3.89. The van der Waals surface area contributed by atoms with Gasteiger partial charge in [0.05, 0.1) is 10.5 Å². The number of rotatable bonds is 7. The van der Waals surface area contributed by atoms with E-state index >= 15 is 0 Å². The molecule has 1 unspecified atom stereocenters. The van der Waals surface area contributed by atoms with Crippen LogP contribution in [0.25, 0.3) is 0 Å². The molecule has 1 aromatic rings. The van der Waals surface area contributed by atoms with E-state index in [2.05, 4.69) is 5.32 Å². The highest BCUT2D eigenvalue weighted by Gasteiger charge is 2.18. The number of nitro benzene ring substituents is 1. The van der Waals surface area contributed by atoms with Crippen LogP contribution in [0, 0.1) is 10.1 Å². The number of carbonyl (C=O) groups is 1. The van der Waals surface area contributed by atoms with Gasteiger partial charge in [-0.3, -0.25) is 10.1 Å². The summed E-state index contributed by atoms with van der Waals surface area (Å²) in [4.78, 5) is 21.4. The van der Waals surface area contributed by atoms with Crippen molar-refractivity contribution in [1.29, 1.82) is 0 Å². The molecule has 0 fully saturated rings. The number of hydrogen-bond acceptors (Lipinski definition) is 4. The molecule has 1 aromatic carbocycles. The highest BCUT2D eigenvalue weighted by Crippen LogP contribution is 2.27. The smallest absolute Gasteiger partial charge is 0.335 e. The van der Waals surface area contributed by atoms with Gasteiger partial charge in [-0.15, -0.1) is 0 Å². The molecule has 0 saturated carbocycles. The predicted octanol–water partition coefficient (Wildman–Crippen LogP) is 3.28. The molecule has 19 heavy (non-hydrogen) atoms. The van der Waals surface area contributed by atoms with E-state index in [-0.39, 0.29) is 23.0 Å². The van der Waals surface area contributed by atoms with E-state index in [1.807, 2.05) is 13.8 Å². The summed E-state index contributed by atoms with van der Waals surface area (Å²) in [5, 5.41) is 23.0. The average Bonchev–Trinajstić information content (AvgIpc) is 2.37. The Bertz CT molecular complexity index is 474. The SMILES string of the molecule is CCCC(CC)Nc1cc(C(=O)O)ccc1[N+](=O)[O-]. The second kappa shape index (κ2) is 6.72. The lowest BCUT2D eigenvalue weighted by Gasteiger charge is -2.17. The average molecular weight is 266 g/mol. The fraction of sp³-hybridized carbons (Fsp3) is 0.462. The predicted molar refractivity (Wildman–Crippen MR) is 72.7 cm³/mol. The fourth-order valence-electron chi connectivity index (χ4n) is 1.89. The second-order valence-electron chi connectivity index (χ2n) is 4.33. The lowest BCUT2D eigenvalue weighted by atomic mass is 10.1. The third kappa shape index (κ3) is 3.94. The first-order valence-electron chi connectivity index (χ1n) is 6.27. The molecule has 0 aliphatic heterocycles. The van der Waals surface area contributed by atoms with Crippen LogP contribution in [0.15, 0.2) is 18.2 Å². The summed E-state index contributed by atoms with van der Waals surface area (Å²) in [6.45, 7) is 4.02. The zero-order valence-electron chi connectivity index (χ0n) is 11.0. The van der Waals surface area contributed by atoms with Crippen molar-refractivity contribution in [3.8, 4) is 0 Å². The van der Waals surface area contributed by atoms with Crippen LogP contribution in [0.3, 0.4) is 0 Å². The molecule has 1 atom stereocenters. The van der Waals surface area contributed by atoms with Gasteiger partial charge in [0.2, 0.25) is 0 Å². The minimum atomic E-state index is -1.10. The van der Waals surface area contributed by atoms with Gasteiger partial charge in [-0.05, 0) is 25.0 Å². The number of nitrogens with zero attached hydrogens (tertiary/aromatic N) is 1. The first kappa shape index (κ1) is 14.9. The molecule has 0 saturated heterocycles. The van der Waals surface area contributed by atoms with Crippen molar-refractivity contribution in [2.24, 2.45) is 0 Å². The van der Waals surface area contributed by atoms with Crippen molar-refractivity contribution in [3.05, 3.63) is 33.9 Å². The number of hydrogen-bond donors (Lipinski definition) is 2. The van der Waals surface area contributed by atoms with Crippen LogP contribution >= 0.6 is 0 Å². The number of carboxylic acid groups (broad SMARTS) is 1. The number of benzene rings is 1. The Balaban J connectivity index is 3.09. The maximum atomic E-state index is 10.9. The standard InChI is InChI=1S/C13H18N2O4/c1-3-5-10(4-2)14-11-8-9(13(16)17)6-7-12(11)15(18)19/h6-8,10,14H,3-5H2,1-2H3,(H,16,17).